The van der Waals surface area contributed by atoms with Crippen molar-refractivity contribution in [3.8, 4) is 5.75 Å². The predicted molar refractivity (Wildman–Crippen MR) is 129 cm³/mol. The highest BCUT2D eigenvalue weighted by Crippen LogP contribution is 2.25. The fraction of sp³-hybridized carbons (Fsp3) is 0.200. The van der Waals surface area contributed by atoms with Gasteiger partial charge in [-0.3, -0.25) is 0 Å². The van der Waals surface area contributed by atoms with Crippen molar-refractivity contribution in [2.24, 2.45) is 0 Å². The van der Waals surface area contributed by atoms with Gasteiger partial charge in [0, 0.05) is 53.0 Å². The number of hydrogen-bond donors (Lipinski definition) is 4. The van der Waals surface area contributed by atoms with E-state index in [-0.39, 0.29) is 0 Å². The second-order valence-corrected chi connectivity index (χ2v) is 7.97. The van der Waals surface area contributed by atoms with Crippen LogP contribution in [0.25, 0.3) is 21.8 Å². The molecule has 0 aliphatic rings. The fourth-order valence-electron chi connectivity index (χ4n) is 4.13. The average molecular weight is 427 g/mol. The zero-order chi connectivity index (χ0) is 22.1. The van der Waals surface area contributed by atoms with Gasteiger partial charge in [0.05, 0.1) is 7.11 Å². The van der Waals surface area contributed by atoms with Crippen LogP contribution in [0.1, 0.15) is 22.4 Å². The summed E-state index contributed by atoms with van der Waals surface area (Å²) in [5.41, 5.74) is 12.8. The molecule has 3 aromatic heterocycles. The minimum atomic E-state index is 0.519. The van der Waals surface area contributed by atoms with Crippen molar-refractivity contribution < 1.29 is 4.74 Å². The summed E-state index contributed by atoms with van der Waals surface area (Å²) in [6.07, 6.45) is 5.52. The van der Waals surface area contributed by atoms with Crippen LogP contribution in [-0.2, 0) is 12.8 Å². The maximum Gasteiger partial charge on any atom is 0.224 e. The summed E-state index contributed by atoms with van der Waals surface area (Å²) < 4.78 is 5.35. The van der Waals surface area contributed by atoms with E-state index in [9.17, 15) is 0 Å². The number of nitrogens with zero attached hydrogens (tertiary/aromatic N) is 2. The monoisotopic (exact) mass is 426 g/mol. The lowest BCUT2D eigenvalue weighted by molar-refractivity contribution is 0.415. The molecule has 5 aromatic rings. The number of benzene rings is 2. The van der Waals surface area contributed by atoms with Crippen LogP contribution in [-0.4, -0.2) is 33.6 Å². The Morgan fingerprint density at radius 3 is 2.75 bits per heavy atom. The Bertz CT molecular complexity index is 1380. The topological polar surface area (TPSA) is 105 Å². The first-order chi connectivity index (χ1) is 15.6. The van der Waals surface area contributed by atoms with Gasteiger partial charge in [0.1, 0.15) is 11.6 Å². The Kier molecular flexibility index (Phi) is 5.15. The maximum absolute atomic E-state index is 6.32. The van der Waals surface area contributed by atoms with E-state index in [4.69, 9.17) is 10.5 Å². The third-order valence-electron chi connectivity index (χ3n) is 5.90. The molecule has 7 heteroatoms. The molecule has 0 bridgehead atoms. The number of H-pyrrole nitrogens is 2. The highest BCUT2D eigenvalue weighted by atomic mass is 16.5. The Labute approximate surface area is 186 Å². The third kappa shape index (κ3) is 3.85. The van der Waals surface area contributed by atoms with Gasteiger partial charge >= 0.3 is 0 Å². The largest absolute Gasteiger partial charge is 0.497 e. The van der Waals surface area contributed by atoms with E-state index in [1.807, 2.05) is 31.5 Å². The van der Waals surface area contributed by atoms with Crippen LogP contribution in [0.3, 0.4) is 0 Å². The van der Waals surface area contributed by atoms with E-state index >= 15 is 0 Å². The van der Waals surface area contributed by atoms with E-state index in [0.29, 0.717) is 24.7 Å². The highest BCUT2D eigenvalue weighted by molar-refractivity contribution is 5.84. The third-order valence-corrected chi connectivity index (χ3v) is 5.90. The minimum absolute atomic E-state index is 0.519. The zero-order valence-corrected chi connectivity index (χ0v) is 18.2. The fourth-order valence-corrected chi connectivity index (χ4v) is 4.13. The van der Waals surface area contributed by atoms with Crippen LogP contribution in [0.15, 0.2) is 54.9 Å². The Balaban J connectivity index is 1.28. The molecule has 32 heavy (non-hydrogen) atoms. The molecule has 0 atom stereocenters. The standard InChI is InChI=1S/C25H26N6O/c1-15-20(12-16-3-5-22-17(11-16)7-9-27-22)24(26)31-25(30-15)28-10-8-18-14-29-23-6-4-19(32-2)13-21(18)23/h3-7,9,11,13-14,27,29H,8,10,12H2,1-2H3,(H3,26,28,30,31). The molecule has 0 aliphatic heterocycles. The van der Waals surface area contributed by atoms with Crippen LogP contribution in [0.2, 0.25) is 0 Å². The molecule has 0 spiro atoms. The lowest BCUT2D eigenvalue weighted by Gasteiger charge is -2.12. The number of aromatic amines is 2. The number of methoxy groups -OCH3 is 1. The Morgan fingerprint density at radius 2 is 1.91 bits per heavy atom. The van der Waals surface area contributed by atoms with Crippen LogP contribution >= 0.6 is 0 Å². The molecule has 162 valence electrons. The second kappa shape index (κ2) is 8.26. The first-order valence-corrected chi connectivity index (χ1v) is 10.7. The molecular weight excluding hydrogens is 400 g/mol. The van der Waals surface area contributed by atoms with Crippen LogP contribution in [0, 0.1) is 6.92 Å². The molecule has 0 saturated heterocycles. The zero-order valence-electron chi connectivity index (χ0n) is 18.2. The van der Waals surface area contributed by atoms with Crippen molar-refractivity contribution in [1.29, 1.82) is 0 Å². The molecule has 5 N–H and O–H groups in total. The molecule has 3 heterocycles. The molecule has 2 aromatic carbocycles. The van der Waals surface area contributed by atoms with Gasteiger partial charge in [-0.25, -0.2) is 4.98 Å². The summed E-state index contributed by atoms with van der Waals surface area (Å²) in [4.78, 5) is 15.7. The predicted octanol–water partition coefficient (Wildman–Crippen LogP) is 4.58. The highest BCUT2D eigenvalue weighted by Gasteiger charge is 2.11. The van der Waals surface area contributed by atoms with Crippen molar-refractivity contribution in [1.82, 2.24) is 19.9 Å². The SMILES string of the molecule is COc1ccc2[nH]cc(CCNc3nc(C)c(Cc4ccc5[nH]ccc5c4)c(N)n3)c2c1. The van der Waals surface area contributed by atoms with Gasteiger partial charge < -0.3 is 25.8 Å². The summed E-state index contributed by atoms with van der Waals surface area (Å²) >= 11 is 0. The molecule has 7 nitrogen and oxygen atoms in total. The number of hydrogen-bond acceptors (Lipinski definition) is 5. The number of aromatic nitrogens is 4. The van der Waals surface area contributed by atoms with E-state index < -0.39 is 0 Å². The summed E-state index contributed by atoms with van der Waals surface area (Å²) in [6, 6.07) is 14.5. The molecule has 0 saturated carbocycles. The van der Waals surface area contributed by atoms with Gasteiger partial charge in [0.2, 0.25) is 5.95 Å². The van der Waals surface area contributed by atoms with E-state index in [0.717, 1.165) is 39.8 Å². The van der Waals surface area contributed by atoms with Crippen molar-refractivity contribution in [3.05, 3.63) is 77.2 Å². The summed E-state index contributed by atoms with van der Waals surface area (Å²) in [6.45, 7) is 2.69. The summed E-state index contributed by atoms with van der Waals surface area (Å²) in [5.74, 6) is 1.93. The number of anilines is 2. The molecule has 5 rings (SSSR count). The number of nitrogens with one attached hydrogen (secondary N) is 3. The van der Waals surface area contributed by atoms with Gasteiger partial charge in [-0.15, -0.1) is 0 Å². The normalized spacial score (nSPS) is 11.3. The van der Waals surface area contributed by atoms with Crippen molar-refractivity contribution in [2.45, 2.75) is 19.8 Å². The lowest BCUT2D eigenvalue weighted by atomic mass is 10.0. The first-order valence-electron chi connectivity index (χ1n) is 10.7. The lowest BCUT2D eigenvalue weighted by Crippen LogP contribution is -2.12. The van der Waals surface area contributed by atoms with Crippen molar-refractivity contribution >= 4 is 33.6 Å². The van der Waals surface area contributed by atoms with Gasteiger partial charge in [0.15, 0.2) is 0 Å². The molecule has 0 unspecified atom stereocenters. The minimum Gasteiger partial charge on any atom is -0.497 e. The van der Waals surface area contributed by atoms with Crippen LogP contribution < -0.4 is 15.8 Å². The van der Waals surface area contributed by atoms with E-state index in [2.05, 4.69) is 55.6 Å². The number of rotatable bonds is 7. The molecular formula is C25H26N6O. The number of ether oxygens (including phenoxy) is 1. The first kappa shape index (κ1) is 19.9. The number of aryl methyl sites for hydroxylation is 1. The second-order valence-electron chi connectivity index (χ2n) is 7.97. The molecule has 0 radical (unpaired) electrons. The average Bonchev–Trinajstić information content (AvgIpc) is 3.42. The Hall–Kier alpha value is -4.00. The summed E-state index contributed by atoms with van der Waals surface area (Å²) in [5, 5.41) is 5.67. The van der Waals surface area contributed by atoms with Gasteiger partial charge in [0.25, 0.3) is 0 Å². The van der Waals surface area contributed by atoms with Crippen LogP contribution in [0.5, 0.6) is 5.75 Å². The quantitative estimate of drug-likeness (QED) is 0.305. The number of fused-ring (bicyclic) bond motifs is 2. The van der Waals surface area contributed by atoms with Crippen LogP contribution in [0.4, 0.5) is 11.8 Å². The van der Waals surface area contributed by atoms with Gasteiger partial charge in [-0.2, -0.15) is 4.98 Å². The number of nitrogen functional groups attached to an aromatic ring is 1. The molecule has 0 amide bonds. The van der Waals surface area contributed by atoms with Gasteiger partial charge in [-0.05, 0) is 66.3 Å². The van der Waals surface area contributed by atoms with Gasteiger partial charge in [-0.1, -0.05) is 6.07 Å². The van der Waals surface area contributed by atoms with Crippen molar-refractivity contribution in [3.63, 3.8) is 0 Å². The van der Waals surface area contributed by atoms with E-state index in [1.54, 1.807) is 7.11 Å². The number of nitrogens with two attached hydrogens (primary N) is 1. The van der Waals surface area contributed by atoms with Crippen molar-refractivity contribution in [2.75, 3.05) is 24.7 Å². The summed E-state index contributed by atoms with van der Waals surface area (Å²) in [7, 11) is 1.68. The smallest absolute Gasteiger partial charge is 0.224 e. The Morgan fingerprint density at radius 1 is 1.03 bits per heavy atom. The van der Waals surface area contributed by atoms with E-state index in [1.165, 1.54) is 16.5 Å². The maximum atomic E-state index is 6.32. The molecule has 0 fully saturated rings. The molecule has 0 aliphatic carbocycles.